The van der Waals surface area contributed by atoms with Gasteiger partial charge in [-0.3, -0.25) is 4.79 Å². The first kappa shape index (κ1) is 12.8. The van der Waals surface area contributed by atoms with Gasteiger partial charge in [0.1, 0.15) is 5.69 Å². The zero-order valence-corrected chi connectivity index (χ0v) is 11.8. The SMILES string of the molecule is CC(=O)c1nc(C)sc1-c1ccc(N(C)C)cc1. The molecule has 2 rings (SSSR count). The number of hydrogen-bond donors (Lipinski definition) is 0. The van der Waals surface area contributed by atoms with Gasteiger partial charge in [0.15, 0.2) is 5.78 Å². The lowest BCUT2D eigenvalue weighted by molar-refractivity contribution is 0.101. The van der Waals surface area contributed by atoms with Crippen molar-refractivity contribution in [2.24, 2.45) is 0 Å². The molecule has 0 aliphatic carbocycles. The van der Waals surface area contributed by atoms with Crippen LogP contribution in [0.15, 0.2) is 24.3 Å². The number of Topliss-reactive ketones (excluding diaryl/α,β-unsaturated/α-hetero) is 1. The van der Waals surface area contributed by atoms with Crippen molar-refractivity contribution in [2.75, 3.05) is 19.0 Å². The van der Waals surface area contributed by atoms with Crippen molar-refractivity contribution in [1.82, 2.24) is 4.98 Å². The zero-order valence-electron chi connectivity index (χ0n) is 11.0. The highest BCUT2D eigenvalue weighted by Crippen LogP contribution is 2.31. The minimum absolute atomic E-state index is 0.0195. The summed E-state index contributed by atoms with van der Waals surface area (Å²) in [6, 6.07) is 8.17. The highest BCUT2D eigenvalue weighted by molar-refractivity contribution is 7.15. The molecule has 1 aromatic carbocycles. The van der Waals surface area contributed by atoms with Gasteiger partial charge in [-0.15, -0.1) is 11.3 Å². The Morgan fingerprint density at radius 3 is 2.33 bits per heavy atom. The third-order valence-electron chi connectivity index (χ3n) is 2.71. The molecule has 0 spiro atoms. The number of hydrogen-bond acceptors (Lipinski definition) is 4. The number of nitrogens with zero attached hydrogens (tertiary/aromatic N) is 2. The van der Waals surface area contributed by atoms with E-state index in [0.29, 0.717) is 5.69 Å². The molecule has 0 radical (unpaired) electrons. The van der Waals surface area contributed by atoms with E-state index in [9.17, 15) is 4.79 Å². The lowest BCUT2D eigenvalue weighted by Gasteiger charge is -2.12. The Labute approximate surface area is 111 Å². The third-order valence-corrected chi connectivity index (χ3v) is 3.73. The maximum atomic E-state index is 11.6. The number of carbonyl (C=O) groups is 1. The fourth-order valence-electron chi connectivity index (χ4n) is 1.77. The molecule has 0 amide bonds. The summed E-state index contributed by atoms with van der Waals surface area (Å²) in [5.74, 6) is 0.0195. The van der Waals surface area contributed by atoms with Crippen LogP contribution in [-0.4, -0.2) is 24.9 Å². The normalized spacial score (nSPS) is 10.4. The fourth-order valence-corrected chi connectivity index (χ4v) is 2.74. The van der Waals surface area contributed by atoms with Crippen LogP contribution in [-0.2, 0) is 0 Å². The van der Waals surface area contributed by atoms with Gasteiger partial charge in [-0.05, 0) is 24.6 Å². The lowest BCUT2D eigenvalue weighted by atomic mass is 10.1. The number of benzene rings is 1. The smallest absolute Gasteiger partial charge is 0.179 e. The molecule has 3 nitrogen and oxygen atoms in total. The number of rotatable bonds is 3. The molecule has 0 aliphatic rings. The van der Waals surface area contributed by atoms with E-state index < -0.39 is 0 Å². The Kier molecular flexibility index (Phi) is 3.48. The molecule has 4 heteroatoms. The Bertz CT molecular complexity index is 570. The quantitative estimate of drug-likeness (QED) is 0.793. The van der Waals surface area contributed by atoms with Crippen LogP contribution in [0.1, 0.15) is 22.4 Å². The molecule has 0 bridgehead atoms. The van der Waals surface area contributed by atoms with Gasteiger partial charge in [0.25, 0.3) is 0 Å². The second kappa shape index (κ2) is 4.90. The summed E-state index contributed by atoms with van der Waals surface area (Å²) < 4.78 is 0. The van der Waals surface area contributed by atoms with Gasteiger partial charge < -0.3 is 4.90 Å². The Morgan fingerprint density at radius 1 is 1.22 bits per heavy atom. The van der Waals surface area contributed by atoms with Gasteiger partial charge in [-0.2, -0.15) is 0 Å². The van der Waals surface area contributed by atoms with Crippen molar-refractivity contribution in [1.29, 1.82) is 0 Å². The average molecular weight is 260 g/mol. The maximum absolute atomic E-state index is 11.6. The van der Waals surface area contributed by atoms with Crippen LogP contribution in [0.5, 0.6) is 0 Å². The first-order chi connectivity index (χ1) is 8.49. The van der Waals surface area contributed by atoms with Crippen molar-refractivity contribution < 1.29 is 4.79 Å². The Balaban J connectivity index is 2.45. The first-order valence-electron chi connectivity index (χ1n) is 5.75. The molecule has 0 aliphatic heterocycles. The number of ketones is 1. The van der Waals surface area contributed by atoms with Crippen LogP contribution >= 0.6 is 11.3 Å². The topological polar surface area (TPSA) is 33.2 Å². The van der Waals surface area contributed by atoms with Crippen LogP contribution in [0.2, 0.25) is 0 Å². The standard InChI is InChI=1S/C14H16N2OS/c1-9(17)13-14(18-10(2)15-13)11-5-7-12(8-6-11)16(3)4/h5-8H,1-4H3. The largest absolute Gasteiger partial charge is 0.378 e. The van der Waals surface area contributed by atoms with E-state index >= 15 is 0 Å². The molecule has 94 valence electrons. The number of anilines is 1. The molecule has 0 saturated heterocycles. The lowest BCUT2D eigenvalue weighted by Crippen LogP contribution is -2.07. The third kappa shape index (κ3) is 2.43. The van der Waals surface area contributed by atoms with E-state index in [-0.39, 0.29) is 5.78 Å². The van der Waals surface area contributed by atoms with Gasteiger partial charge >= 0.3 is 0 Å². The summed E-state index contributed by atoms with van der Waals surface area (Å²) in [4.78, 5) is 18.9. The van der Waals surface area contributed by atoms with Crippen LogP contribution in [0.4, 0.5) is 5.69 Å². The highest BCUT2D eigenvalue weighted by Gasteiger charge is 2.14. The minimum Gasteiger partial charge on any atom is -0.378 e. The highest BCUT2D eigenvalue weighted by atomic mass is 32.1. The first-order valence-corrected chi connectivity index (χ1v) is 6.57. The van der Waals surface area contributed by atoms with E-state index in [4.69, 9.17) is 0 Å². The molecule has 18 heavy (non-hydrogen) atoms. The molecule has 0 unspecified atom stereocenters. The molecule has 1 heterocycles. The summed E-state index contributed by atoms with van der Waals surface area (Å²) in [6.45, 7) is 3.49. The maximum Gasteiger partial charge on any atom is 0.179 e. The number of aryl methyl sites for hydroxylation is 1. The second-order valence-electron chi connectivity index (χ2n) is 4.41. The molecular weight excluding hydrogens is 244 g/mol. The number of thiazole rings is 1. The minimum atomic E-state index is 0.0195. The summed E-state index contributed by atoms with van der Waals surface area (Å²) in [5.41, 5.74) is 2.77. The summed E-state index contributed by atoms with van der Waals surface area (Å²) in [6.07, 6.45) is 0. The van der Waals surface area contributed by atoms with Crippen LogP contribution in [0.25, 0.3) is 10.4 Å². The van der Waals surface area contributed by atoms with Gasteiger partial charge in [-0.25, -0.2) is 4.98 Å². The number of aromatic nitrogens is 1. The molecular formula is C14H16N2OS. The van der Waals surface area contributed by atoms with Crippen molar-refractivity contribution in [3.8, 4) is 10.4 Å². The van der Waals surface area contributed by atoms with E-state index in [1.54, 1.807) is 18.3 Å². The van der Waals surface area contributed by atoms with Gasteiger partial charge in [0.2, 0.25) is 0 Å². The predicted octanol–water partition coefficient (Wildman–Crippen LogP) is 3.39. The summed E-state index contributed by atoms with van der Waals surface area (Å²) in [5, 5.41) is 0.923. The van der Waals surface area contributed by atoms with E-state index in [2.05, 4.69) is 4.98 Å². The zero-order chi connectivity index (χ0) is 13.3. The molecule has 0 fully saturated rings. The molecule has 1 aromatic heterocycles. The van der Waals surface area contributed by atoms with E-state index in [1.807, 2.05) is 50.2 Å². The fraction of sp³-hybridized carbons (Fsp3) is 0.286. The molecule has 0 saturated carbocycles. The Hall–Kier alpha value is -1.68. The van der Waals surface area contributed by atoms with Crippen LogP contribution < -0.4 is 4.90 Å². The van der Waals surface area contributed by atoms with Gasteiger partial charge in [0, 0.05) is 26.7 Å². The van der Waals surface area contributed by atoms with Gasteiger partial charge in [-0.1, -0.05) is 12.1 Å². The predicted molar refractivity (Wildman–Crippen MR) is 76.6 cm³/mol. The average Bonchev–Trinajstić information content (AvgIpc) is 2.71. The van der Waals surface area contributed by atoms with Crippen LogP contribution in [0.3, 0.4) is 0 Å². The van der Waals surface area contributed by atoms with Crippen LogP contribution in [0, 0.1) is 6.92 Å². The molecule has 2 aromatic rings. The summed E-state index contributed by atoms with van der Waals surface area (Å²) in [7, 11) is 4.01. The van der Waals surface area contributed by atoms with Gasteiger partial charge in [0.05, 0.1) is 9.88 Å². The van der Waals surface area contributed by atoms with E-state index in [1.165, 1.54) is 0 Å². The second-order valence-corrected chi connectivity index (χ2v) is 5.61. The van der Waals surface area contributed by atoms with Crippen molar-refractivity contribution >= 4 is 22.8 Å². The molecule has 0 atom stereocenters. The summed E-state index contributed by atoms with van der Waals surface area (Å²) >= 11 is 1.56. The van der Waals surface area contributed by atoms with Crippen molar-refractivity contribution in [2.45, 2.75) is 13.8 Å². The van der Waals surface area contributed by atoms with E-state index in [0.717, 1.165) is 21.1 Å². The monoisotopic (exact) mass is 260 g/mol. The Morgan fingerprint density at radius 2 is 1.83 bits per heavy atom. The van der Waals surface area contributed by atoms with Crippen molar-refractivity contribution in [3.05, 3.63) is 35.0 Å². The number of carbonyl (C=O) groups excluding carboxylic acids is 1. The van der Waals surface area contributed by atoms with Crippen molar-refractivity contribution in [3.63, 3.8) is 0 Å². The molecule has 0 N–H and O–H groups in total.